The molecule has 1 aromatic heterocycles. The third kappa shape index (κ3) is 6.56. The fourth-order valence-electron chi connectivity index (χ4n) is 4.13. The number of para-hydroxylation sites is 1. The van der Waals surface area contributed by atoms with Crippen LogP contribution >= 0.6 is 24.8 Å². The van der Waals surface area contributed by atoms with Crippen LogP contribution in [0.1, 0.15) is 22.5 Å². The number of anilines is 1. The molecule has 0 amide bonds. The van der Waals surface area contributed by atoms with Crippen LogP contribution in [0.25, 0.3) is 6.08 Å². The number of benzene rings is 3. The van der Waals surface area contributed by atoms with Gasteiger partial charge in [-0.3, -0.25) is 4.99 Å². The standard InChI is InChI=1S/C29H28N4O.2ClH/c1-32-18-16-30-27(26-12-5-6-13-28(26)32)15-14-23-10-7-11-25(20-23)34-22-29-31-17-19-33(29)21-24-8-3-2-4-9-24;;/h2-15,17,19-20H,16,18,21-22H2,1H3;2*1H. The van der Waals surface area contributed by atoms with Gasteiger partial charge in [0.2, 0.25) is 0 Å². The van der Waals surface area contributed by atoms with E-state index in [1.54, 1.807) is 0 Å². The van der Waals surface area contributed by atoms with E-state index in [1.807, 2.05) is 30.6 Å². The first-order valence-corrected chi connectivity index (χ1v) is 11.6. The Morgan fingerprint density at radius 3 is 2.58 bits per heavy atom. The Morgan fingerprint density at radius 2 is 1.72 bits per heavy atom. The van der Waals surface area contributed by atoms with Crippen molar-refractivity contribution < 1.29 is 4.74 Å². The second-order valence-corrected chi connectivity index (χ2v) is 8.36. The summed E-state index contributed by atoms with van der Waals surface area (Å²) in [6.07, 6.45) is 8.02. The molecule has 5 nitrogen and oxygen atoms in total. The summed E-state index contributed by atoms with van der Waals surface area (Å²) < 4.78 is 8.22. The first-order chi connectivity index (χ1) is 16.8. The molecule has 0 saturated carbocycles. The number of imidazole rings is 1. The van der Waals surface area contributed by atoms with Gasteiger partial charge in [0, 0.05) is 43.8 Å². The number of hydrogen-bond acceptors (Lipinski definition) is 4. The summed E-state index contributed by atoms with van der Waals surface area (Å²) in [6, 6.07) is 26.9. The molecule has 0 unspecified atom stereocenters. The summed E-state index contributed by atoms with van der Waals surface area (Å²) >= 11 is 0. The van der Waals surface area contributed by atoms with Gasteiger partial charge in [-0.25, -0.2) is 4.98 Å². The topological polar surface area (TPSA) is 42.6 Å². The molecular formula is C29H30Cl2N4O. The lowest BCUT2D eigenvalue weighted by molar-refractivity contribution is 0.290. The number of nitrogens with zero attached hydrogens (tertiary/aromatic N) is 4. The van der Waals surface area contributed by atoms with Gasteiger partial charge in [-0.1, -0.05) is 66.7 Å². The number of aliphatic imine (C=N–C) groups is 1. The number of halogens is 2. The lowest BCUT2D eigenvalue weighted by Gasteiger charge is -2.18. The summed E-state index contributed by atoms with van der Waals surface area (Å²) in [7, 11) is 2.12. The van der Waals surface area contributed by atoms with Crippen molar-refractivity contribution in [1.82, 2.24) is 9.55 Å². The molecule has 186 valence electrons. The van der Waals surface area contributed by atoms with Crippen molar-refractivity contribution in [3.63, 3.8) is 0 Å². The van der Waals surface area contributed by atoms with Crippen LogP contribution in [0.2, 0.25) is 0 Å². The van der Waals surface area contributed by atoms with E-state index in [0.29, 0.717) is 6.61 Å². The van der Waals surface area contributed by atoms with Gasteiger partial charge in [0.15, 0.2) is 0 Å². The number of fused-ring (bicyclic) bond motifs is 1. The normalized spacial score (nSPS) is 12.7. The number of hydrogen-bond donors (Lipinski definition) is 0. The van der Waals surface area contributed by atoms with Crippen LogP contribution in [0.15, 0.2) is 102 Å². The van der Waals surface area contributed by atoms with Gasteiger partial charge >= 0.3 is 0 Å². The van der Waals surface area contributed by atoms with Gasteiger partial charge < -0.3 is 14.2 Å². The van der Waals surface area contributed by atoms with Gasteiger partial charge in [-0.15, -0.1) is 24.8 Å². The van der Waals surface area contributed by atoms with Crippen LogP contribution in [0.3, 0.4) is 0 Å². The average Bonchev–Trinajstić information content (AvgIpc) is 3.25. The molecule has 0 fully saturated rings. The maximum Gasteiger partial charge on any atom is 0.147 e. The summed E-state index contributed by atoms with van der Waals surface area (Å²) in [5, 5.41) is 0. The molecule has 3 aromatic carbocycles. The maximum atomic E-state index is 6.10. The number of aromatic nitrogens is 2. The quantitative estimate of drug-likeness (QED) is 0.287. The minimum absolute atomic E-state index is 0. The summed E-state index contributed by atoms with van der Waals surface area (Å²) in [5.74, 6) is 1.72. The molecule has 0 saturated heterocycles. The van der Waals surface area contributed by atoms with E-state index >= 15 is 0 Å². The van der Waals surface area contributed by atoms with Gasteiger partial charge in [-0.05, 0) is 35.4 Å². The second kappa shape index (κ2) is 13.0. The minimum Gasteiger partial charge on any atom is -0.486 e. The highest BCUT2D eigenvalue weighted by molar-refractivity contribution is 6.14. The van der Waals surface area contributed by atoms with Crippen molar-refractivity contribution in [2.45, 2.75) is 13.2 Å². The molecular weight excluding hydrogens is 491 g/mol. The lowest BCUT2D eigenvalue weighted by atomic mass is 10.1. The van der Waals surface area contributed by atoms with Crippen LogP contribution in [0, 0.1) is 0 Å². The van der Waals surface area contributed by atoms with E-state index in [4.69, 9.17) is 9.73 Å². The Labute approximate surface area is 225 Å². The van der Waals surface area contributed by atoms with Gasteiger partial charge in [-0.2, -0.15) is 0 Å². The molecule has 1 aliphatic rings. The van der Waals surface area contributed by atoms with Crippen molar-refractivity contribution in [2.24, 2.45) is 4.99 Å². The third-order valence-electron chi connectivity index (χ3n) is 5.97. The minimum atomic E-state index is 0. The molecule has 1 aliphatic heterocycles. The van der Waals surface area contributed by atoms with Crippen LogP contribution in [0.4, 0.5) is 5.69 Å². The van der Waals surface area contributed by atoms with Crippen LogP contribution in [-0.2, 0) is 13.2 Å². The van der Waals surface area contributed by atoms with E-state index in [1.165, 1.54) is 11.3 Å². The highest BCUT2D eigenvalue weighted by Crippen LogP contribution is 2.23. The molecule has 2 heterocycles. The van der Waals surface area contributed by atoms with Crippen molar-refractivity contribution in [3.8, 4) is 5.75 Å². The Balaban J connectivity index is 0.00000180. The molecule has 0 atom stereocenters. The number of allylic oxidation sites excluding steroid dienone is 1. The molecule has 7 heteroatoms. The van der Waals surface area contributed by atoms with E-state index in [-0.39, 0.29) is 24.8 Å². The zero-order chi connectivity index (χ0) is 23.2. The number of benzodiazepines with no additional fused rings is 1. The summed E-state index contributed by atoms with van der Waals surface area (Å²) in [6.45, 7) is 2.89. The molecule has 0 spiro atoms. The first kappa shape index (κ1) is 27.1. The van der Waals surface area contributed by atoms with Crippen molar-refractivity contribution in [2.75, 3.05) is 25.0 Å². The highest BCUT2D eigenvalue weighted by Gasteiger charge is 2.13. The molecule has 0 N–H and O–H groups in total. The molecule has 0 bridgehead atoms. The molecule has 0 radical (unpaired) electrons. The van der Waals surface area contributed by atoms with E-state index in [0.717, 1.165) is 48.0 Å². The van der Waals surface area contributed by atoms with Crippen molar-refractivity contribution in [1.29, 1.82) is 0 Å². The zero-order valence-electron chi connectivity index (χ0n) is 20.2. The van der Waals surface area contributed by atoms with E-state index in [9.17, 15) is 0 Å². The summed E-state index contributed by atoms with van der Waals surface area (Å²) in [5.41, 5.74) is 5.70. The Morgan fingerprint density at radius 1 is 0.917 bits per heavy atom. The Hall–Kier alpha value is -3.54. The van der Waals surface area contributed by atoms with Crippen molar-refractivity contribution >= 4 is 42.3 Å². The summed E-state index contributed by atoms with van der Waals surface area (Å²) in [4.78, 5) is 11.6. The van der Waals surface area contributed by atoms with Gasteiger partial charge in [0.05, 0.1) is 12.3 Å². The predicted molar refractivity (Wildman–Crippen MR) is 153 cm³/mol. The fourth-order valence-corrected chi connectivity index (χ4v) is 4.13. The molecule has 5 rings (SSSR count). The van der Waals surface area contributed by atoms with Crippen molar-refractivity contribution in [3.05, 3.63) is 120 Å². The first-order valence-electron chi connectivity index (χ1n) is 11.6. The lowest BCUT2D eigenvalue weighted by Crippen LogP contribution is -2.20. The molecule has 0 aliphatic carbocycles. The number of likely N-dealkylation sites (N-methyl/N-ethyl adjacent to an activating group) is 1. The maximum absolute atomic E-state index is 6.10. The Kier molecular flexibility index (Phi) is 9.74. The fraction of sp³-hybridized carbons (Fsp3) is 0.172. The number of ether oxygens (including phenoxy) is 1. The Bertz CT molecular complexity index is 1320. The number of rotatable bonds is 7. The third-order valence-corrected chi connectivity index (χ3v) is 5.97. The smallest absolute Gasteiger partial charge is 0.147 e. The van der Waals surface area contributed by atoms with Crippen LogP contribution in [-0.4, -0.2) is 35.4 Å². The highest BCUT2D eigenvalue weighted by atomic mass is 35.5. The van der Waals surface area contributed by atoms with E-state index in [2.05, 4.69) is 94.3 Å². The largest absolute Gasteiger partial charge is 0.486 e. The van der Waals surface area contributed by atoms with Gasteiger partial charge in [0.25, 0.3) is 0 Å². The second-order valence-electron chi connectivity index (χ2n) is 8.36. The SMILES string of the molecule is CN1CCN=C(C=Cc2cccc(OCc3nccn3Cc3ccccc3)c2)c2ccccc21.Cl.Cl. The average molecular weight is 521 g/mol. The predicted octanol–water partition coefficient (Wildman–Crippen LogP) is 6.31. The monoisotopic (exact) mass is 520 g/mol. The molecule has 4 aromatic rings. The van der Waals surface area contributed by atoms with E-state index < -0.39 is 0 Å². The molecule has 36 heavy (non-hydrogen) atoms. The van der Waals surface area contributed by atoms with Crippen LogP contribution in [0.5, 0.6) is 5.75 Å². The zero-order valence-corrected chi connectivity index (χ0v) is 21.8. The van der Waals surface area contributed by atoms with Crippen LogP contribution < -0.4 is 9.64 Å². The van der Waals surface area contributed by atoms with Gasteiger partial charge in [0.1, 0.15) is 18.2 Å².